The molecule has 2 rings (SSSR count). The minimum Gasteiger partial charge on any atom is -0.481 e. The molecule has 0 amide bonds. The topological polar surface area (TPSA) is 60.8 Å². The van der Waals surface area contributed by atoms with Gasteiger partial charge < -0.3 is 10.2 Å². The summed E-state index contributed by atoms with van der Waals surface area (Å²) < 4.78 is 0. The number of hydrogen-bond donors (Lipinski definition) is 2. The largest absolute Gasteiger partial charge is 0.481 e. The maximum atomic E-state index is 10.7. The molecule has 0 radical (unpaired) electrons. The first-order chi connectivity index (χ1) is 6.87. The van der Waals surface area contributed by atoms with Crippen LogP contribution in [-0.4, -0.2) is 45.3 Å². The highest BCUT2D eigenvalue weighted by atomic mass is 16.4. The van der Waals surface area contributed by atoms with Crippen LogP contribution in [0.2, 0.25) is 0 Å². The molecule has 15 heavy (non-hydrogen) atoms. The third-order valence-corrected chi connectivity index (χ3v) is 4.42. The molecular formula is C11H19NO3. The van der Waals surface area contributed by atoms with E-state index in [0.29, 0.717) is 13.1 Å². The second-order valence-electron chi connectivity index (χ2n) is 5.34. The molecule has 0 spiro atoms. The molecule has 2 fully saturated rings. The van der Waals surface area contributed by atoms with Crippen molar-refractivity contribution in [3.05, 3.63) is 0 Å². The first kappa shape index (κ1) is 10.9. The van der Waals surface area contributed by atoms with E-state index < -0.39 is 11.6 Å². The van der Waals surface area contributed by atoms with Crippen LogP contribution < -0.4 is 0 Å². The van der Waals surface area contributed by atoms with E-state index in [-0.39, 0.29) is 11.5 Å². The number of aliphatic hydroxyl groups is 1. The average molecular weight is 213 g/mol. The summed E-state index contributed by atoms with van der Waals surface area (Å²) >= 11 is 0. The van der Waals surface area contributed by atoms with E-state index in [0.717, 1.165) is 19.3 Å². The molecule has 1 saturated heterocycles. The molecule has 0 aromatic carbocycles. The molecule has 86 valence electrons. The van der Waals surface area contributed by atoms with E-state index in [9.17, 15) is 9.90 Å². The molecule has 4 heteroatoms. The van der Waals surface area contributed by atoms with Crippen LogP contribution in [0.25, 0.3) is 0 Å². The van der Waals surface area contributed by atoms with Crippen molar-refractivity contribution in [1.29, 1.82) is 0 Å². The number of nitrogens with zero attached hydrogens (tertiary/aromatic N) is 1. The van der Waals surface area contributed by atoms with Crippen molar-refractivity contribution < 1.29 is 15.0 Å². The highest BCUT2D eigenvalue weighted by Gasteiger charge is 2.54. The Kier molecular flexibility index (Phi) is 2.32. The summed E-state index contributed by atoms with van der Waals surface area (Å²) in [6.45, 7) is 5.09. The molecule has 0 aromatic heterocycles. The molecule has 1 aliphatic carbocycles. The van der Waals surface area contributed by atoms with Gasteiger partial charge in [0.2, 0.25) is 0 Å². The molecule has 2 unspecified atom stereocenters. The molecule has 1 heterocycles. The van der Waals surface area contributed by atoms with Gasteiger partial charge in [-0.25, -0.2) is 0 Å². The lowest BCUT2D eigenvalue weighted by Gasteiger charge is -2.52. The van der Waals surface area contributed by atoms with Crippen LogP contribution in [0.15, 0.2) is 0 Å². The van der Waals surface area contributed by atoms with Gasteiger partial charge in [-0.3, -0.25) is 9.69 Å². The lowest BCUT2D eigenvalue weighted by Crippen LogP contribution is -2.66. The Bertz CT molecular complexity index is 284. The molecule has 2 atom stereocenters. The lowest BCUT2D eigenvalue weighted by atomic mass is 9.80. The van der Waals surface area contributed by atoms with Crippen molar-refractivity contribution in [2.75, 3.05) is 13.1 Å². The van der Waals surface area contributed by atoms with E-state index >= 15 is 0 Å². The first-order valence-corrected chi connectivity index (χ1v) is 5.57. The molecule has 2 aliphatic rings. The van der Waals surface area contributed by atoms with Crippen LogP contribution >= 0.6 is 0 Å². The average Bonchev–Trinajstić information content (AvgIpc) is 2.22. The van der Waals surface area contributed by atoms with Crippen LogP contribution in [0.4, 0.5) is 0 Å². The maximum absolute atomic E-state index is 10.7. The SMILES string of the molecule is CC1(O)CCCC1(C)N1CC(C(=O)O)C1. The summed E-state index contributed by atoms with van der Waals surface area (Å²) in [7, 11) is 0. The van der Waals surface area contributed by atoms with Gasteiger partial charge in [0.15, 0.2) is 0 Å². The Labute approximate surface area is 89.9 Å². The Morgan fingerprint density at radius 2 is 1.93 bits per heavy atom. The molecule has 2 N–H and O–H groups in total. The molecule has 1 saturated carbocycles. The van der Waals surface area contributed by atoms with Gasteiger partial charge in [-0.2, -0.15) is 0 Å². The van der Waals surface area contributed by atoms with Crippen LogP contribution in [0.5, 0.6) is 0 Å². The van der Waals surface area contributed by atoms with E-state index in [2.05, 4.69) is 11.8 Å². The van der Waals surface area contributed by atoms with Gasteiger partial charge in [0.1, 0.15) is 0 Å². The number of carboxylic acids is 1. The van der Waals surface area contributed by atoms with Gasteiger partial charge in [-0.15, -0.1) is 0 Å². The minimum absolute atomic E-state index is 0.223. The summed E-state index contributed by atoms with van der Waals surface area (Å²) in [5.74, 6) is -0.953. The molecule has 0 aromatic rings. The third-order valence-electron chi connectivity index (χ3n) is 4.42. The van der Waals surface area contributed by atoms with Gasteiger partial charge in [0, 0.05) is 18.6 Å². The highest BCUT2D eigenvalue weighted by Crippen LogP contribution is 2.45. The molecule has 0 bridgehead atoms. The fraction of sp³-hybridized carbons (Fsp3) is 0.909. The summed E-state index contributed by atoms with van der Waals surface area (Å²) in [6.07, 6.45) is 2.81. The highest BCUT2D eigenvalue weighted by molar-refractivity contribution is 5.71. The lowest BCUT2D eigenvalue weighted by molar-refractivity contribution is -0.159. The summed E-state index contributed by atoms with van der Waals surface area (Å²) in [5, 5.41) is 19.1. The Morgan fingerprint density at radius 3 is 2.33 bits per heavy atom. The van der Waals surface area contributed by atoms with E-state index in [4.69, 9.17) is 5.11 Å². The number of carbonyl (C=O) groups is 1. The van der Waals surface area contributed by atoms with Gasteiger partial charge in [-0.05, 0) is 33.1 Å². The van der Waals surface area contributed by atoms with Crippen molar-refractivity contribution in [2.45, 2.75) is 44.2 Å². The number of likely N-dealkylation sites (tertiary alicyclic amines) is 1. The Hall–Kier alpha value is -0.610. The van der Waals surface area contributed by atoms with Gasteiger partial charge in [0.25, 0.3) is 0 Å². The zero-order chi connectivity index (χ0) is 11.3. The number of aliphatic carboxylic acids is 1. The standard InChI is InChI=1S/C11H19NO3/c1-10(4-3-5-11(10,2)15)12-6-8(7-12)9(13)14/h8,15H,3-7H2,1-2H3,(H,13,14). The number of hydrogen-bond acceptors (Lipinski definition) is 3. The van der Waals surface area contributed by atoms with Crippen LogP contribution in [0, 0.1) is 5.92 Å². The zero-order valence-corrected chi connectivity index (χ0v) is 9.36. The number of rotatable bonds is 2. The van der Waals surface area contributed by atoms with E-state index in [1.807, 2.05) is 6.92 Å². The monoisotopic (exact) mass is 213 g/mol. The summed E-state index contributed by atoms with van der Waals surface area (Å²) in [6, 6.07) is 0. The van der Waals surface area contributed by atoms with Crippen LogP contribution in [0.1, 0.15) is 33.1 Å². The van der Waals surface area contributed by atoms with Crippen molar-refractivity contribution in [3.8, 4) is 0 Å². The fourth-order valence-corrected chi connectivity index (χ4v) is 2.85. The van der Waals surface area contributed by atoms with Gasteiger partial charge >= 0.3 is 5.97 Å². The molecule has 4 nitrogen and oxygen atoms in total. The summed E-state index contributed by atoms with van der Waals surface area (Å²) in [4.78, 5) is 12.8. The van der Waals surface area contributed by atoms with Crippen molar-refractivity contribution in [2.24, 2.45) is 5.92 Å². The first-order valence-electron chi connectivity index (χ1n) is 5.57. The predicted molar refractivity (Wildman–Crippen MR) is 55.6 cm³/mol. The van der Waals surface area contributed by atoms with Crippen molar-refractivity contribution >= 4 is 5.97 Å². The van der Waals surface area contributed by atoms with Crippen molar-refractivity contribution in [1.82, 2.24) is 4.90 Å². The number of carboxylic acid groups (broad SMARTS) is 1. The second kappa shape index (κ2) is 3.19. The second-order valence-corrected chi connectivity index (χ2v) is 5.34. The smallest absolute Gasteiger partial charge is 0.309 e. The summed E-state index contributed by atoms with van der Waals surface area (Å²) in [5.41, 5.74) is -0.893. The van der Waals surface area contributed by atoms with E-state index in [1.54, 1.807) is 0 Å². The van der Waals surface area contributed by atoms with Gasteiger partial charge in [0.05, 0.1) is 11.5 Å². The van der Waals surface area contributed by atoms with E-state index in [1.165, 1.54) is 0 Å². The third kappa shape index (κ3) is 1.47. The Morgan fingerprint density at radius 1 is 1.33 bits per heavy atom. The fourth-order valence-electron chi connectivity index (χ4n) is 2.85. The van der Waals surface area contributed by atoms with Crippen LogP contribution in [0.3, 0.4) is 0 Å². The van der Waals surface area contributed by atoms with Gasteiger partial charge in [-0.1, -0.05) is 0 Å². The van der Waals surface area contributed by atoms with Crippen LogP contribution in [-0.2, 0) is 4.79 Å². The molecular weight excluding hydrogens is 194 g/mol. The Balaban J connectivity index is 2.04. The minimum atomic E-state index is -0.715. The quantitative estimate of drug-likeness (QED) is 0.708. The maximum Gasteiger partial charge on any atom is 0.309 e. The zero-order valence-electron chi connectivity index (χ0n) is 9.36. The normalized spacial score (nSPS) is 42.9. The molecule has 1 aliphatic heterocycles. The predicted octanol–water partition coefficient (Wildman–Crippen LogP) is 0.696. The van der Waals surface area contributed by atoms with Crippen molar-refractivity contribution in [3.63, 3.8) is 0 Å².